The second kappa shape index (κ2) is 8.32. The van der Waals surface area contributed by atoms with E-state index in [-0.39, 0.29) is 17.8 Å². The molecule has 0 aliphatic carbocycles. The summed E-state index contributed by atoms with van der Waals surface area (Å²) in [6.07, 6.45) is 3.36. The molecule has 1 atom stereocenters. The highest BCUT2D eigenvalue weighted by molar-refractivity contribution is 7.81. The lowest BCUT2D eigenvalue weighted by molar-refractivity contribution is 0.0950. The molecule has 0 bridgehead atoms. The summed E-state index contributed by atoms with van der Waals surface area (Å²) in [5.41, 5.74) is 2.13. The number of hydrogen-bond acceptors (Lipinski definition) is 4. The van der Waals surface area contributed by atoms with Crippen molar-refractivity contribution in [2.24, 2.45) is 7.05 Å². The molecule has 1 heterocycles. The summed E-state index contributed by atoms with van der Waals surface area (Å²) in [6, 6.07) is 10.2. The zero-order valence-corrected chi connectivity index (χ0v) is 16.1. The summed E-state index contributed by atoms with van der Waals surface area (Å²) < 4.78 is 40.2. The van der Waals surface area contributed by atoms with Gasteiger partial charge in [0, 0.05) is 30.9 Å². The van der Waals surface area contributed by atoms with Gasteiger partial charge in [-0.1, -0.05) is 17.7 Å². The van der Waals surface area contributed by atoms with E-state index in [4.69, 9.17) is 0 Å². The Kier molecular flexibility index (Phi) is 5.86. The summed E-state index contributed by atoms with van der Waals surface area (Å²) in [7, 11) is 1.76. The molecule has 9 heteroatoms. The lowest BCUT2D eigenvalue weighted by Crippen LogP contribution is -2.24. The Morgan fingerprint density at radius 2 is 1.96 bits per heavy atom. The van der Waals surface area contributed by atoms with Crippen LogP contribution in [-0.4, -0.2) is 24.4 Å². The number of hydrogen-bond donors (Lipinski definition) is 1. The van der Waals surface area contributed by atoms with Crippen LogP contribution in [0.1, 0.15) is 21.5 Å². The molecule has 0 spiro atoms. The lowest BCUT2D eigenvalue weighted by atomic mass is 10.1. The standard InChI is InChI=1S/C19H19FN4O3S/c1-13-3-5-17(6-4-13)24(28(26)27)18-8-15(7-16(20)9-18)19(25)21-10-14-11-22-23(2)12-14/h3-9,11-12H,10H2,1-2H3,(H,21,25)(H,26,27)/p-1. The van der Waals surface area contributed by atoms with Crippen LogP contribution in [0.25, 0.3) is 0 Å². The van der Waals surface area contributed by atoms with Gasteiger partial charge in [-0.15, -0.1) is 0 Å². The molecule has 0 fully saturated rings. The van der Waals surface area contributed by atoms with Crippen LogP contribution in [0.3, 0.4) is 0 Å². The highest BCUT2D eigenvalue weighted by atomic mass is 32.2. The summed E-state index contributed by atoms with van der Waals surface area (Å²) in [6.45, 7) is 2.09. The van der Waals surface area contributed by atoms with Crippen LogP contribution in [-0.2, 0) is 24.9 Å². The van der Waals surface area contributed by atoms with Gasteiger partial charge in [0.05, 0.1) is 28.8 Å². The topological polar surface area (TPSA) is 90.3 Å². The number of anilines is 2. The maximum absolute atomic E-state index is 14.1. The van der Waals surface area contributed by atoms with Gasteiger partial charge < -0.3 is 9.87 Å². The number of carbonyl (C=O) groups is 1. The van der Waals surface area contributed by atoms with Crippen molar-refractivity contribution in [1.82, 2.24) is 15.1 Å². The molecule has 146 valence electrons. The number of amides is 1. The summed E-state index contributed by atoms with van der Waals surface area (Å²) >= 11 is -2.70. The fourth-order valence-corrected chi connectivity index (χ4v) is 3.24. The van der Waals surface area contributed by atoms with Crippen LogP contribution in [0.5, 0.6) is 0 Å². The largest absolute Gasteiger partial charge is 0.755 e. The van der Waals surface area contributed by atoms with Crippen molar-refractivity contribution in [3.8, 4) is 0 Å². The minimum Gasteiger partial charge on any atom is -0.755 e. The van der Waals surface area contributed by atoms with E-state index >= 15 is 0 Å². The average Bonchev–Trinajstić information content (AvgIpc) is 3.06. The second-order valence-electron chi connectivity index (χ2n) is 6.25. The number of aromatic nitrogens is 2. The molecule has 1 N–H and O–H groups in total. The zero-order chi connectivity index (χ0) is 20.3. The normalized spacial score (nSPS) is 11.9. The van der Waals surface area contributed by atoms with E-state index < -0.39 is 23.0 Å². The van der Waals surface area contributed by atoms with Gasteiger partial charge >= 0.3 is 0 Å². The fourth-order valence-electron chi connectivity index (χ4n) is 2.67. The van der Waals surface area contributed by atoms with E-state index in [1.165, 1.54) is 6.07 Å². The third-order valence-corrected chi connectivity index (χ3v) is 4.73. The summed E-state index contributed by atoms with van der Waals surface area (Å²) in [5.74, 6) is -1.24. The van der Waals surface area contributed by atoms with E-state index in [1.807, 2.05) is 6.92 Å². The minimum atomic E-state index is -2.70. The molecule has 3 rings (SSSR count). The molecule has 3 aromatic rings. The molecule has 7 nitrogen and oxygen atoms in total. The molecular weight excluding hydrogens is 383 g/mol. The monoisotopic (exact) mass is 401 g/mol. The highest BCUT2D eigenvalue weighted by Gasteiger charge is 2.16. The quantitative estimate of drug-likeness (QED) is 0.643. The molecule has 1 unspecified atom stereocenters. The first-order chi connectivity index (χ1) is 13.3. The van der Waals surface area contributed by atoms with Crippen LogP contribution in [0.2, 0.25) is 0 Å². The van der Waals surface area contributed by atoms with Gasteiger partial charge in [0.2, 0.25) is 0 Å². The molecule has 0 saturated heterocycles. The first-order valence-electron chi connectivity index (χ1n) is 8.36. The second-order valence-corrected chi connectivity index (χ2v) is 7.05. The molecule has 0 aliphatic heterocycles. The van der Waals surface area contributed by atoms with E-state index in [1.54, 1.807) is 48.4 Å². The number of carbonyl (C=O) groups excluding carboxylic acids is 1. The average molecular weight is 401 g/mol. The Hall–Kier alpha value is -3.04. The molecule has 0 radical (unpaired) electrons. The molecule has 1 aromatic heterocycles. The Labute approximate surface area is 164 Å². The van der Waals surface area contributed by atoms with Crippen molar-refractivity contribution in [3.63, 3.8) is 0 Å². The van der Waals surface area contributed by atoms with Gasteiger partial charge in [-0.3, -0.25) is 18.0 Å². The smallest absolute Gasteiger partial charge is 0.251 e. The number of rotatable bonds is 6. The van der Waals surface area contributed by atoms with E-state index in [0.29, 0.717) is 5.69 Å². The van der Waals surface area contributed by atoms with E-state index in [2.05, 4.69) is 10.4 Å². The van der Waals surface area contributed by atoms with Crippen molar-refractivity contribution in [1.29, 1.82) is 0 Å². The van der Waals surface area contributed by atoms with E-state index in [9.17, 15) is 17.9 Å². The van der Waals surface area contributed by atoms with Crippen molar-refractivity contribution >= 4 is 28.5 Å². The molecule has 1 amide bonds. The van der Waals surface area contributed by atoms with Gasteiger partial charge in [0.15, 0.2) is 0 Å². The zero-order valence-electron chi connectivity index (χ0n) is 15.3. The predicted molar refractivity (Wildman–Crippen MR) is 103 cm³/mol. The van der Waals surface area contributed by atoms with Crippen molar-refractivity contribution in [2.45, 2.75) is 13.5 Å². The van der Waals surface area contributed by atoms with Crippen molar-refractivity contribution < 1.29 is 17.9 Å². The minimum absolute atomic E-state index is 0.0152. The first kappa shape index (κ1) is 19.7. The third kappa shape index (κ3) is 4.62. The third-order valence-electron chi connectivity index (χ3n) is 4.01. The van der Waals surface area contributed by atoms with Crippen LogP contribution < -0.4 is 9.62 Å². The van der Waals surface area contributed by atoms with Gasteiger partial charge in [0.25, 0.3) is 5.91 Å². The van der Waals surface area contributed by atoms with Crippen molar-refractivity contribution in [3.05, 3.63) is 77.4 Å². The molecule has 2 aromatic carbocycles. The van der Waals surface area contributed by atoms with Crippen LogP contribution in [0, 0.1) is 12.7 Å². The molecule has 0 aliphatic rings. The summed E-state index contributed by atoms with van der Waals surface area (Å²) in [5, 5.41) is 6.68. The molecule has 28 heavy (non-hydrogen) atoms. The van der Waals surface area contributed by atoms with Gasteiger partial charge in [-0.2, -0.15) is 5.10 Å². The van der Waals surface area contributed by atoms with E-state index in [0.717, 1.165) is 27.6 Å². The van der Waals surface area contributed by atoms with Gasteiger partial charge in [-0.25, -0.2) is 4.39 Å². The fraction of sp³-hybridized carbons (Fsp3) is 0.158. The van der Waals surface area contributed by atoms with Crippen LogP contribution in [0.4, 0.5) is 15.8 Å². The number of nitrogens with one attached hydrogen (secondary N) is 1. The SMILES string of the molecule is Cc1ccc(N(c2cc(F)cc(C(=O)NCc3cnn(C)c3)c2)S(=O)[O-])cc1. The Morgan fingerprint density at radius 1 is 1.25 bits per heavy atom. The van der Waals surface area contributed by atoms with Crippen LogP contribution >= 0.6 is 0 Å². The molecule has 0 saturated carbocycles. The Morgan fingerprint density at radius 3 is 2.57 bits per heavy atom. The number of aryl methyl sites for hydroxylation is 2. The predicted octanol–water partition coefficient (Wildman–Crippen LogP) is 2.73. The lowest BCUT2D eigenvalue weighted by Gasteiger charge is -2.27. The van der Waals surface area contributed by atoms with Crippen molar-refractivity contribution in [2.75, 3.05) is 4.31 Å². The Bertz CT molecular complexity index is 1020. The summed E-state index contributed by atoms with van der Waals surface area (Å²) in [4.78, 5) is 12.4. The highest BCUT2D eigenvalue weighted by Crippen LogP contribution is 2.28. The maximum Gasteiger partial charge on any atom is 0.251 e. The number of benzene rings is 2. The number of halogens is 1. The van der Waals surface area contributed by atoms with Gasteiger partial charge in [-0.05, 0) is 37.3 Å². The Balaban J connectivity index is 1.87. The van der Waals surface area contributed by atoms with Gasteiger partial charge in [0.1, 0.15) is 5.82 Å². The molecular formula is C19H18FN4O3S-. The number of nitrogens with zero attached hydrogens (tertiary/aromatic N) is 3. The van der Waals surface area contributed by atoms with Crippen LogP contribution in [0.15, 0.2) is 54.9 Å². The first-order valence-corrected chi connectivity index (χ1v) is 9.39. The maximum atomic E-state index is 14.1.